The molecule has 1 heterocycles. The van der Waals surface area contributed by atoms with Crippen LogP contribution < -0.4 is 0 Å². The molecule has 0 unspecified atom stereocenters. The average Bonchev–Trinajstić information content (AvgIpc) is 1.81. The van der Waals surface area contributed by atoms with E-state index in [0.717, 1.165) is 26.1 Å². The van der Waals surface area contributed by atoms with Crippen LogP contribution in [0.5, 0.6) is 0 Å². The maximum absolute atomic E-state index is 11.2. The SMILES string of the molecule is CN(C)C/C=C/C(=O)N1CCC1. The summed E-state index contributed by atoms with van der Waals surface area (Å²) in [6, 6.07) is 0. The minimum Gasteiger partial charge on any atom is -0.339 e. The molecule has 0 aliphatic carbocycles. The number of likely N-dealkylation sites (tertiary alicyclic amines) is 1. The summed E-state index contributed by atoms with van der Waals surface area (Å²) in [6.07, 6.45) is 4.73. The van der Waals surface area contributed by atoms with E-state index in [1.165, 1.54) is 0 Å². The number of likely N-dealkylation sites (N-methyl/N-ethyl adjacent to an activating group) is 1. The highest BCUT2D eigenvalue weighted by Crippen LogP contribution is 2.05. The first-order valence-corrected chi connectivity index (χ1v) is 4.30. The molecule has 0 spiro atoms. The Morgan fingerprint density at radius 2 is 2.17 bits per heavy atom. The smallest absolute Gasteiger partial charge is 0.246 e. The van der Waals surface area contributed by atoms with Gasteiger partial charge in [0.05, 0.1) is 0 Å². The van der Waals surface area contributed by atoms with Crippen molar-refractivity contribution in [2.45, 2.75) is 6.42 Å². The molecule has 3 nitrogen and oxygen atoms in total. The molecular formula is C9H16N2O. The van der Waals surface area contributed by atoms with Crippen molar-refractivity contribution < 1.29 is 4.79 Å². The molecular weight excluding hydrogens is 152 g/mol. The highest BCUT2D eigenvalue weighted by Gasteiger charge is 2.16. The third-order valence-electron chi connectivity index (χ3n) is 1.90. The highest BCUT2D eigenvalue weighted by molar-refractivity contribution is 5.88. The van der Waals surface area contributed by atoms with Crippen LogP contribution in [0.25, 0.3) is 0 Å². The standard InChI is InChI=1S/C9H16N2O/c1-10(2)6-3-5-9(12)11-7-4-8-11/h3,5H,4,6-8H2,1-2H3/b5-3+. The van der Waals surface area contributed by atoms with Crippen molar-refractivity contribution >= 4 is 5.91 Å². The van der Waals surface area contributed by atoms with E-state index in [9.17, 15) is 4.79 Å². The Bertz CT molecular complexity index is 183. The van der Waals surface area contributed by atoms with Crippen LogP contribution in [0.1, 0.15) is 6.42 Å². The van der Waals surface area contributed by atoms with Crippen molar-refractivity contribution in [1.29, 1.82) is 0 Å². The zero-order valence-electron chi connectivity index (χ0n) is 7.79. The zero-order chi connectivity index (χ0) is 8.97. The van der Waals surface area contributed by atoms with Crippen LogP contribution in [0.15, 0.2) is 12.2 Å². The van der Waals surface area contributed by atoms with Crippen LogP contribution in [0.4, 0.5) is 0 Å². The number of carbonyl (C=O) groups is 1. The van der Waals surface area contributed by atoms with Crippen LogP contribution in [0, 0.1) is 0 Å². The van der Waals surface area contributed by atoms with Gasteiger partial charge in [0.15, 0.2) is 0 Å². The molecule has 0 aromatic heterocycles. The molecule has 1 aliphatic rings. The van der Waals surface area contributed by atoms with Crippen molar-refractivity contribution in [2.75, 3.05) is 33.7 Å². The molecule has 0 radical (unpaired) electrons. The van der Waals surface area contributed by atoms with Gasteiger partial charge in [0.1, 0.15) is 0 Å². The molecule has 0 aromatic rings. The summed E-state index contributed by atoms with van der Waals surface area (Å²) in [6.45, 7) is 2.70. The molecule has 0 N–H and O–H groups in total. The Hall–Kier alpha value is -0.830. The first-order valence-electron chi connectivity index (χ1n) is 4.30. The van der Waals surface area contributed by atoms with Gasteiger partial charge in [0.2, 0.25) is 5.91 Å². The number of hydrogen-bond donors (Lipinski definition) is 0. The van der Waals surface area contributed by atoms with Gasteiger partial charge in [-0.2, -0.15) is 0 Å². The van der Waals surface area contributed by atoms with Gasteiger partial charge in [-0.25, -0.2) is 0 Å². The van der Waals surface area contributed by atoms with E-state index in [0.29, 0.717) is 0 Å². The maximum atomic E-state index is 11.2. The van der Waals surface area contributed by atoms with E-state index in [4.69, 9.17) is 0 Å². The summed E-state index contributed by atoms with van der Waals surface area (Å²) in [5.74, 6) is 0.156. The van der Waals surface area contributed by atoms with Crippen LogP contribution >= 0.6 is 0 Å². The monoisotopic (exact) mass is 168 g/mol. The van der Waals surface area contributed by atoms with Gasteiger partial charge in [-0.3, -0.25) is 4.79 Å². The second kappa shape index (κ2) is 4.26. The van der Waals surface area contributed by atoms with E-state index in [2.05, 4.69) is 0 Å². The number of hydrogen-bond acceptors (Lipinski definition) is 2. The summed E-state index contributed by atoms with van der Waals surface area (Å²) in [4.78, 5) is 15.1. The largest absolute Gasteiger partial charge is 0.339 e. The fourth-order valence-corrected chi connectivity index (χ4v) is 1.01. The number of carbonyl (C=O) groups excluding carboxylic acids is 1. The molecule has 0 atom stereocenters. The van der Waals surface area contributed by atoms with Crippen molar-refractivity contribution in [2.24, 2.45) is 0 Å². The van der Waals surface area contributed by atoms with Gasteiger partial charge >= 0.3 is 0 Å². The lowest BCUT2D eigenvalue weighted by atomic mass is 10.2. The summed E-state index contributed by atoms with van der Waals surface area (Å²) in [5, 5.41) is 0. The average molecular weight is 168 g/mol. The zero-order valence-corrected chi connectivity index (χ0v) is 7.79. The fraction of sp³-hybridized carbons (Fsp3) is 0.667. The molecule has 12 heavy (non-hydrogen) atoms. The van der Waals surface area contributed by atoms with E-state index in [1.807, 2.05) is 30.0 Å². The lowest BCUT2D eigenvalue weighted by Gasteiger charge is -2.29. The van der Waals surface area contributed by atoms with Gasteiger partial charge < -0.3 is 9.80 Å². The predicted octanol–water partition coefficient (Wildman–Crippen LogP) is 0.337. The van der Waals surface area contributed by atoms with Crippen molar-refractivity contribution in [3.63, 3.8) is 0 Å². The lowest BCUT2D eigenvalue weighted by molar-refractivity contribution is -0.129. The lowest BCUT2D eigenvalue weighted by Crippen LogP contribution is -2.41. The van der Waals surface area contributed by atoms with Crippen molar-refractivity contribution in [3.05, 3.63) is 12.2 Å². The third kappa shape index (κ3) is 2.66. The second-order valence-electron chi connectivity index (χ2n) is 3.34. The van der Waals surface area contributed by atoms with E-state index in [1.54, 1.807) is 6.08 Å². The molecule has 1 saturated heterocycles. The first kappa shape index (κ1) is 9.26. The summed E-state index contributed by atoms with van der Waals surface area (Å²) >= 11 is 0. The Morgan fingerprint density at radius 1 is 1.50 bits per heavy atom. The Labute approximate surface area is 73.6 Å². The topological polar surface area (TPSA) is 23.6 Å². The summed E-state index contributed by atoms with van der Waals surface area (Å²) < 4.78 is 0. The van der Waals surface area contributed by atoms with Crippen molar-refractivity contribution in [1.82, 2.24) is 9.80 Å². The molecule has 1 fully saturated rings. The number of amides is 1. The summed E-state index contributed by atoms with van der Waals surface area (Å²) in [7, 11) is 3.97. The molecule has 0 aromatic carbocycles. The molecule has 1 rings (SSSR count). The van der Waals surface area contributed by atoms with Gasteiger partial charge in [0.25, 0.3) is 0 Å². The third-order valence-corrected chi connectivity index (χ3v) is 1.90. The van der Waals surface area contributed by atoms with Gasteiger partial charge in [-0.05, 0) is 20.5 Å². The van der Waals surface area contributed by atoms with E-state index in [-0.39, 0.29) is 5.91 Å². The van der Waals surface area contributed by atoms with Gasteiger partial charge in [-0.1, -0.05) is 6.08 Å². The van der Waals surface area contributed by atoms with Gasteiger partial charge in [-0.15, -0.1) is 0 Å². The second-order valence-corrected chi connectivity index (χ2v) is 3.34. The van der Waals surface area contributed by atoms with Crippen LogP contribution in [-0.4, -0.2) is 49.4 Å². The highest BCUT2D eigenvalue weighted by atomic mass is 16.2. The quantitative estimate of drug-likeness (QED) is 0.567. The minimum absolute atomic E-state index is 0.156. The Kier molecular flexibility index (Phi) is 3.29. The molecule has 0 bridgehead atoms. The predicted molar refractivity (Wildman–Crippen MR) is 48.9 cm³/mol. The van der Waals surface area contributed by atoms with E-state index >= 15 is 0 Å². The van der Waals surface area contributed by atoms with Gasteiger partial charge in [0, 0.05) is 25.7 Å². The number of nitrogens with zero attached hydrogens (tertiary/aromatic N) is 2. The maximum Gasteiger partial charge on any atom is 0.246 e. The van der Waals surface area contributed by atoms with Crippen molar-refractivity contribution in [3.8, 4) is 0 Å². The van der Waals surface area contributed by atoms with E-state index < -0.39 is 0 Å². The molecule has 1 amide bonds. The Balaban J connectivity index is 2.20. The van der Waals surface area contributed by atoms with Crippen LogP contribution in [0.2, 0.25) is 0 Å². The molecule has 3 heteroatoms. The molecule has 1 aliphatic heterocycles. The normalized spacial score (nSPS) is 17.1. The Morgan fingerprint density at radius 3 is 2.58 bits per heavy atom. The van der Waals surface area contributed by atoms with Crippen LogP contribution in [-0.2, 0) is 4.79 Å². The molecule has 0 saturated carbocycles. The van der Waals surface area contributed by atoms with Crippen LogP contribution in [0.3, 0.4) is 0 Å². The fourth-order valence-electron chi connectivity index (χ4n) is 1.01. The summed E-state index contributed by atoms with van der Waals surface area (Å²) in [5.41, 5.74) is 0. The number of rotatable bonds is 3. The minimum atomic E-state index is 0.156. The molecule has 68 valence electrons. The first-order chi connectivity index (χ1) is 5.70.